The average molecular weight is 177 g/mol. The fraction of sp³-hybridized carbons (Fsp3) is 0.125. The Morgan fingerprint density at radius 3 is 2.83 bits per heavy atom. The Morgan fingerprint density at radius 1 is 1.33 bits per heavy atom. The van der Waals surface area contributed by atoms with Gasteiger partial charge in [-0.05, 0) is 12.1 Å². The van der Waals surface area contributed by atoms with Crippen molar-refractivity contribution in [3.8, 4) is 0 Å². The van der Waals surface area contributed by atoms with E-state index in [0.717, 1.165) is 11.4 Å². The Bertz CT molecular complexity index is 356. The van der Waals surface area contributed by atoms with Crippen molar-refractivity contribution in [3.63, 3.8) is 0 Å². The van der Waals surface area contributed by atoms with Gasteiger partial charge in [-0.25, -0.2) is 4.85 Å². The first kappa shape index (κ1) is 7.32. The van der Waals surface area contributed by atoms with Crippen molar-refractivity contribution in [2.75, 3.05) is 10.6 Å². The Morgan fingerprint density at radius 2 is 2.08 bits per heavy atom. The molecule has 1 heterocycles. The van der Waals surface area contributed by atoms with Crippen molar-refractivity contribution < 1.29 is 0 Å². The first-order valence-corrected chi connectivity index (χ1v) is 4.04. The summed E-state index contributed by atoms with van der Waals surface area (Å²) in [7, 11) is 0. The fourth-order valence-electron chi connectivity index (χ4n) is 1.18. The standard InChI is InChI=1S/C8H7N3S/c1-9-5-2-3-6-7(4-5)11-8(12)10-6/h2-4,8,10-12H. The Kier molecular flexibility index (Phi) is 1.59. The predicted octanol–water partition coefficient (Wildman–Crippen LogP) is 2.29. The van der Waals surface area contributed by atoms with Gasteiger partial charge in [-0.2, -0.15) is 0 Å². The van der Waals surface area contributed by atoms with Gasteiger partial charge in [-0.15, -0.1) is 12.6 Å². The van der Waals surface area contributed by atoms with Crippen molar-refractivity contribution in [1.29, 1.82) is 0 Å². The minimum Gasteiger partial charge on any atom is -0.356 e. The van der Waals surface area contributed by atoms with Gasteiger partial charge in [0.1, 0.15) is 5.50 Å². The SMILES string of the molecule is [C-]#[N+]c1ccc2c(c1)NC(S)N2. The van der Waals surface area contributed by atoms with Crippen molar-refractivity contribution in [2.24, 2.45) is 0 Å². The molecule has 0 aliphatic carbocycles. The van der Waals surface area contributed by atoms with Gasteiger partial charge in [-0.1, -0.05) is 6.07 Å². The van der Waals surface area contributed by atoms with Crippen LogP contribution in [0, 0.1) is 6.57 Å². The van der Waals surface area contributed by atoms with E-state index < -0.39 is 0 Å². The fourth-order valence-corrected chi connectivity index (χ4v) is 1.46. The van der Waals surface area contributed by atoms with Crippen molar-refractivity contribution >= 4 is 29.7 Å². The molecule has 1 atom stereocenters. The van der Waals surface area contributed by atoms with E-state index in [9.17, 15) is 0 Å². The molecule has 1 unspecified atom stereocenters. The minimum absolute atomic E-state index is 0.0408. The van der Waals surface area contributed by atoms with Crippen LogP contribution in [0.15, 0.2) is 18.2 Å². The van der Waals surface area contributed by atoms with Crippen molar-refractivity contribution in [1.82, 2.24) is 0 Å². The highest BCUT2D eigenvalue weighted by molar-refractivity contribution is 7.81. The molecule has 1 aromatic carbocycles. The molecule has 0 bridgehead atoms. The number of anilines is 2. The molecular formula is C8H7N3S. The summed E-state index contributed by atoms with van der Waals surface area (Å²) >= 11 is 4.20. The molecule has 0 aromatic heterocycles. The zero-order chi connectivity index (χ0) is 8.55. The molecule has 0 amide bonds. The summed E-state index contributed by atoms with van der Waals surface area (Å²) in [5.41, 5.74) is 2.55. The lowest BCUT2D eigenvalue weighted by Gasteiger charge is -2.00. The second kappa shape index (κ2) is 2.61. The van der Waals surface area contributed by atoms with E-state index in [1.165, 1.54) is 0 Å². The van der Waals surface area contributed by atoms with Crippen LogP contribution in [-0.2, 0) is 0 Å². The topological polar surface area (TPSA) is 28.4 Å². The van der Waals surface area contributed by atoms with E-state index in [0.29, 0.717) is 5.69 Å². The van der Waals surface area contributed by atoms with E-state index in [-0.39, 0.29) is 5.50 Å². The van der Waals surface area contributed by atoms with E-state index in [2.05, 4.69) is 28.1 Å². The molecule has 12 heavy (non-hydrogen) atoms. The Balaban J connectivity index is 2.44. The summed E-state index contributed by atoms with van der Waals surface area (Å²) in [4.78, 5) is 3.33. The maximum absolute atomic E-state index is 6.81. The first-order chi connectivity index (χ1) is 5.79. The number of hydrogen-bond acceptors (Lipinski definition) is 3. The molecule has 0 saturated carbocycles. The molecule has 1 aromatic rings. The number of hydrogen-bond donors (Lipinski definition) is 3. The van der Waals surface area contributed by atoms with Gasteiger partial charge >= 0.3 is 0 Å². The predicted molar refractivity (Wildman–Crippen MR) is 52.7 cm³/mol. The molecule has 1 aliphatic heterocycles. The van der Waals surface area contributed by atoms with Crippen LogP contribution >= 0.6 is 12.6 Å². The number of nitrogens with zero attached hydrogens (tertiary/aromatic N) is 1. The third-order valence-corrected chi connectivity index (χ3v) is 1.97. The lowest BCUT2D eigenvalue weighted by molar-refractivity contribution is 1.22. The third-order valence-electron chi connectivity index (χ3n) is 1.72. The lowest BCUT2D eigenvalue weighted by Crippen LogP contribution is -2.12. The van der Waals surface area contributed by atoms with Crippen LogP contribution in [0.1, 0.15) is 0 Å². The molecule has 4 heteroatoms. The molecule has 2 N–H and O–H groups in total. The Labute approximate surface area is 76.0 Å². The highest BCUT2D eigenvalue weighted by atomic mass is 32.1. The van der Waals surface area contributed by atoms with Gasteiger partial charge in [-0.3, -0.25) is 0 Å². The largest absolute Gasteiger partial charge is 0.356 e. The van der Waals surface area contributed by atoms with E-state index >= 15 is 0 Å². The van der Waals surface area contributed by atoms with E-state index in [4.69, 9.17) is 6.57 Å². The zero-order valence-electron chi connectivity index (χ0n) is 6.20. The normalized spacial score (nSPS) is 18.8. The first-order valence-electron chi connectivity index (χ1n) is 3.52. The molecule has 60 valence electrons. The van der Waals surface area contributed by atoms with Crippen LogP contribution in [0.3, 0.4) is 0 Å². The third kappa shape index (κ3) is 1.08. The lowest BCUT2D eigenvalue weighted by atomic mass is 10.2. The monoisotopic (exact) mass is 177 g/mol. The second-order valence-corrected chi connectivity index (χ2v) is 3.05. The van der Waals surface area contributed by atoms with Gasteiger partial charge < -0.3 is 10.6 Å². The molecule has 0 saturated heterocycles. The Hall–Kier alpha value is -1.34. The highest BCUT2D eigenvalue weighted by Gasteiger charge is 2.15. The van der Waals surface area contributed by atoms with Gasteiger partial charge in [0.2, 0.25) is 0 Å². The molecular weight excluding hydrogens is 170 g/mol. The van der Waals surface area contributed by atoms with Gasteiger partial charge in [0, 0.05) is 5.69 Å². The quantitative estimate of drug-likeness (QED) is 0.419. The zero-order valence-corrected chi connectivity index (χ0v) is 7.10. The van der Waals surface area contributed by atoms with Gasteiger partial charge in [0.25, 0.3) is 0 Å². The van der Waals surface area contributed by atoms with Crippen LogP contribution < -0.4 is 10.6 Å². The molecule has 0 radical (unpaired) electrons. The van der Waals surface area contributed by atoms with Crippen LogP contribution in [0.25, 0.3) is 4.85 Å². The summed E-state index contributed by atoms with van der Waals surface area (Å²) < 4.78 is 0. The number of benzene rings is 1. The number of thiol groups is 1. The summed E-state index contributed by atoms with van der Waals surface area (Å²) in [5, 5.41) is 6.18. The van der Waals surface area contributed by atoms with E-state index in [1.54, 1.807) is 6.07 Å². The molecule has 0 spiro atoms. The van der Waals surface area contributed by atoms with Crippen LogP contribution in [0.2, 0.25) is 0 Å². The smallest absolute Gasteiger partial charge is 0.189 e. The van der Waals surface area contributed by atoms with E-state index in [1.807, 2.05) is 12.1 Å². The van der Waals surface area contributed by atoms with Gasteiger partial charge in [0.05, 0.1) is 12.3 Å². The molecule has 1 aliphatic rings. The number of nitrogens with one attached hydrogen (secondary N) is 2. The average Bonchev–Trinajstić information content (AvgIpc) is 2.43. The van der Waals surface area contributed by atoms with Crippen molar-refractivity contribution in [3.05, 3.63) is 29.6 Å². The number of rotatable bonds is 0. The summed E-state index contributed by atoms with van der Waals surface area (Å²) in [5.74, 6) is 0. The molecule has 2 rings (SSSR count). The summed E-state index contributed by atoms with van der Waals surface area (Å²) in [6.45, 7) is 6.81. The van der Waals surface area contributed by atoms with Crippen LogP contribution in [0.5, 0.6) is 0 Å². The maximum atomic E-state index is 6.81. The van der Waals surface area contributed by atoms with Crippen LogP contribution in [-0.4, -0.2) is 5.50 Å². The number of fused-ring (bicyclic) bond motifs is 1. The molecule has 0 fully saturated rings. The van der Waals surface area contributed by atoms with Crippen molar-refractivity contribution in [2.45, 2.75) is 5.50 Å². The van der Waals surface area contributed by atoms with Crippen LogP contribution in [0.4, 0.5) is 17.1 Å². The molecule has 3 nitrogen and oxygen atoms in total. The summed E-state index contributed by atoms with van der Waals surface area (Å²) in [6, 6.07) is 5.48. The van der Waals surface area contributed by atoms with Gasteiger partial charge in [0.15, 0.2) is 5.69 Å². The minimum atomic E-state index is -0.0408. The summed E-state index contributed by atoms with van der Waals surface area (Å²) in [6.07, 6.45) is 0. The second-order valence-electron chi connectivity index (χ2n) is 2.53. The maximum Gasteiger partial charge on any atom is 0.189 e. The highest BCUT2D eigenvalue weighted by Crippen LogP contribution is 2.33.